The second-order valence-electron chi connectivity index (χ2n) is 7.20. The first-order valence-corrected chi connectivity index (χ1v) is 9.08. The Morgan fingerprint density at radius 3 is 2.68 bits per heavy atom. The Balaban J connectivity index is 1.51. The number of hydrogen-bond acceptors (Lipinski definition) is 3. The van der Waals surface area contributed by atoms with Crippen molar-refractivity contribution in [1.29, 1.82) is 0 Å². The molecule has 2 aromatic rings. The highest BCUT2D eigenvalue weighted by molar-refractivity contribution is 5.79. The zero-order chi connectivity index (χ0) is 17.6. The summed E-state index contributed by atoms with van der Waals surface area (Å²) in [5.41, 5.74) is 2.32. The zero-order valence-electron chi connectivity index (χ0n) is 15.1. The highest BCUT2D eigenvalue weighted by Crippen LogP contribution is 2.25. The monoisotopic (exact) mass is 337 g/mol. The lowest BCUT2D eigenvalue weighted by Gasteiger charge is -2.19. The van der Waals surface area contributed by atoms with Crippen molar-refractivity contribution in [3.63, 3.8) is 0 Å². The molecule has 1 aliphatic heterocycles. The molecular weight excluding hydrogens is 310 g/mol. The number of rotatable bonds is 6. The second kappa shape index (κ2) is 8.26. The van der Waals surface area contributed by atoms with Crippen LogP contribution in [-0.2, 0) is 17.8 Å². The van der Waals surface area contributed by atoms with Crippen LogP contribution in [0.3, 0.4) is 0 Å². The molecular formula is C21H27N3O. The van der Waals surface area contributed by atoms with E-state index in [1.807, 2.05) is 31.2 Å². The maximum absolute atomic E-state index is 12.7. The van der Waals surface area contributed by atoms with Gasteiger partial charge in [-0.15, -0.1) is 0 Å². The summed E-state index contributed by atoms with van der Waals surface area (Å²) in [5, 5.41) is 3.18. The molecule has 4 nitrogen and oxygen atoms in total. The van der Waals surface area contributed by atoms with Gasteiger partial charge in [-0.1, -0.05) is 43.3 Å². The molecule has 1 amide bonds. The third kappa shape index (κ3) is 4.89. The summed E-state index contributed by atoms with van der Waals surface area (Å²) in [5.74, 6) is 0.618. The lowest BCUT2D eigenvalue weighted by Crippen LogP contribution is -2.40. The molecule has 1 fully saturated rings. The van der Waals surface area contributed by atoms with Crippen LogP contribution in [0.1, 0.15) is 25.1 Å². The van der Waals surface area contributed by atoms with Crippen LogP contribution in [0.5, 0.6) is 0 Å². The van der Waals surface area contributed by atoms with Gasteiger partial charge in [0.1, 0.15) is 0 Å². The van der Waals surface area contributed by atoms with E-state index in [0.717, 1.165) is 31.7 Å². The first-order chi connectivity index (χ1) is 12.1. The average Bonchev–Trinajstić information content (AvgIpc) is 2.97. The van der Waals surface area contributed by atoms with Crippen LogP contribution in [0, 0.1) is 11.8 Å². The summed E-state index contributed by atoms with van der Waals surface area (Å²) < 4.78 is 0. The van der Waals surface area contributed by atoms with Gasteiger partial charge in [-0.25, -0.2) is 0 Å². The predicted octanol–water partition coefficient (Wildman–Crippen LogP) is 2.90. The van der Waals surface area contributed by atoms with Gasteiger partial charge in [-0.05, 0) is 30.5 Å². The first-order valence-electron chi connectivity index (χ1n) is 9.08. The van der Waals surface area contributed by atoms with Crippen molar-refractivity contribution in [3.05, 3.63) is 66.0 Å². The van der Waals surface area contributed by atoms with Gasteiger partial charge in [0.05, 0.1) is 5.92 Å². The predicted molar refractivity (Wildman–Crippen MR) is 99.9 cm³/mol. The van der Waals surface area contributed by atoms with Gasteiger partial charge in [0.15, 0.2) is 0 Å². The summed E-state index contributed by atoms with van der Waals surface area (Å²) in [6, 6.07) is 16.5. The average molecular weight is 337 g/mol. The third-order valence-electron chi connectivity index (χ3n) is 4.90. The van der Waals surface area contributed by atoms with Crippen LogP contribution in [0.25, 0.3) is 0 Å². The van der Waals surface area contributed by atoms with E-state index >= 15 is 0 Å². The molecule has 1 aromatic heterocycles. The van der Waals surface area contributed by atoms with Gasteiger partial charge in [0.2, 0.25) is 5.91 Å². The minimum atomic E-state index is 0.0647. The molecule has 4 heteroatoms. The van der Waals surface area contributed by atoms with Crippen molar-refractivity contribution < 1.29 is 4.79 Å². The van der Waals surface area contributed by atoms with E-state index in [0.29, 0.717) is 5.92 Å². The van der Waals surface area contributed by atoms with Crippen molar-refractivity contribution >= 4 is 5.91 Å². The molecule has 0 saturated carbocycles. The summed E-state index contributed by atoms with van der Waals surface area (Å²) >= 11 is 0. The SMILES string of the molecule is CC(Cc1ccccn1)NC(=O)C1CN(Cc2ccccc2)CC1C. The number of aromatic nitrogens is 1. The van der Waals surface area contributed by atoms with Crippen LogP contribution >= 0.6 is 0 Å². The lowest BCUT2D eigenvalue weighted by atomic mass is 9.97. The minimum Gasteiger partial charge on any atom is -0.353 e. The molecule has 1 aromatic carbocycles. The summed E-state index contributed by atoms with van der Waals surface area (Å²) in [6.45, 7) is 6.95. The summed E-state index contributed by atoms with van der Waals surface area (Å²) in [6.07, 6.45) is 2.56. The van der Waals surface area contributed by atoms with Gasteiger partial charge in [0.25, 0.3) is 0 Å². The molecule has 0 aliphatic carbocycles. The highest BCUT2D eigenvalue weighted by Gasteiger charge is 2.34. The third-order valence-corrected chi connectivity index (χ3v) is 4.90. The molecule has 0 bridgehead atoms. The van der Waals surface area contributed by atoms with Crippen LogP contribution in [0.15, 0.2) is 54.7 Å². The number of amides is 1. The molecule has 0 radical (unpaired) electrons. The van der Waals surface area contributed by atoms with E-state index in [4.69, 9.17) is 0 Å². The molecule has 0 spiro atoms. The van der Waals surface area contributed by atoms with Crippen molar-refractivity contribution in [2.24, 2.45) is 11.8 Å². The van der Waals surface area contributed by atoms with Crippen molar-refractivity contribution in [2.75, 3.05) is 13.1 Å². The van der Waals surface area contributed by atoms with Gasteiger partial charge >= 0.3 is 0 Å². The Labute approximate surface area is 150 Å². The lowest BCUT2D eigenvalue weighted by molar-refractivity contribution is -0.126. The molecule has 2 heterocycles. The second-order valence-corrected chi connectivity index (χ2v) is 7.20. The van der Waals surface area contributed by atoms with Gasteiger partial charge in [-0.2, -0.15) is 0 Å². The number of likely N-dealkylation sites (tertiary alicyclic amines) is 1. The smallest absolute Gasteiger partial charge is 0.224 e. The molecule has 1 N–H and O–H groups in total. The van der Waals surface area contributed by atoms with Crippen LogP contribution in [0.4, 0.5) is 0 Å². The van der Waals surface area contributed by atoms with Crippen molar-refractivity contribution in [3.8, 4) is 0 Å². The van der Waals surface area contributed by atoms with Gasteiger partial charge in [-0.3, -0.25) is 14.7 Å². The Morgan fingerprint density at radius 2 is 1.96 bits per heavy atom. The maximum atomic E-state index is 12.7. The number of carbonyl (C=O) groups is 1. The van der Waals surface area contributed by atoms with E-state index in [-0.39, 0.29) is 17.9 Å². The number of pyridine rings is 1. The highest BCUT2D eigenvalue weighted by atomic mass is 16.2. The largest absolute Gasteiger partial charge is 0.353 e. The maximum Gasteiger partial charge on any atom is 0.224 e. The van der Waals surface area contributed by atoms with Crippen molar-refractivity contribution in [2.45, 2.75) is 32.9 Å². The summed E-state index contributed by atoms with van der Waals surface area (Å²) in [7, 11) is 0. The Kier molecular flexibility index (Phi) is 5.82. The fourth-order valence-corrected chi connectivity index (χ4v) is 3.61. The molecule has 3 atom stereocenters. The fourth-order valence-electron chi connectivity index (χ4n) is 3.61. The standard InChI is InChI=1S/C21H27N3O/c1-16-13-24(14-18-8-4-3-5-9-18)15-20(16)21(25)23-17(2)12-19-10-6-7-11-22-19/h3-11,16-17,20H,12-15H2,1-2H3,(H,23,25). The fraction of sp³-hybridized carbons (Fsp3) is 0.429. The number of benzene rings is 1. The minimum absolute atomic E-state index is 0.0647. The van der Waals surface area contributed by atoms with E-state index in [1.54, 1.807) is 6.20 Å². The first kappa shape index (κ1) is 17.6. The van der Waals surface area contributed by atoms with Crippen LogP contribution < -0.4 is 5.32 Å². The summed E-state index contributed by atoms with van der Waals surface area (Å²) in [4.78, 5) is 19.4. The van der Waals surface area contributed by atoms with E-state index < -0.39 is 0 Å². The Hall–Kier alpha value is -2.20. The number of carbonyl (C=O) groups excluding carboxylic acids is 1. The quantitative estimate of drug-likeness (QED) is 0.881. The molecule has 132 valence electrons. The van der Waals surface area contributed by atoms with E-state index in [9.17, 15) is 4.79 Å². The van der Waals surface area contributed by atoms with Crippen molar-refractivity contribution in [1.82, 2.24) is 15.2 Å². The molecule has 25 heavy (non-hydrogen) atoms. The number of nitrogens with one attached hydrogen (secondary N) is 1. The molecule has 3 unspecified atom stereocenters. The number of nitrogens with zero attached hydrogens (tertiary/aromatic N) is 2. The Morgan fingerprint density at radius 1 is 1.20 bits per heavy atom. The van der Waals surface area contributed by atoms with E-state index in [1.165, 1.54) is 5.56 Å². The topological polar surface area (TPSA) is 45.2 Å². The molecule has 1 aliphatic rings. The zero-order valence-corrected chi connectivity index (χ0v) is 15.1. The molecule has 3 rings (SSSR count). The molecule has 1 saturated heterocycles. The van der Waals surface area contributed by atoms with E-state index in [2.05, 4.69) is 46.4 Å². The Bertz CT molecular complexity index is 674. The van der Waals surface area contributed by atoms with Crippen LogP contribution in [0.2, 0.25) is 0 Å². The number of hydrogen-bond donors (Lipinski definition) is 1. The van der Waals surface area contributed by atoms with Gasteiger partial charge < -0.3 is 5.32 Å². The normalized spacial score (nSPS) is 21.8. The van der Waals surface area contributed by atoms with Gasteiger partial charge in [0, 0.05) is 44.0 Å². The van der Waals surface area contributed by atoms with Crippen LogP contribution in [-0.4, -0.2) is 34.9 Å².